The first-order chi connectivity index (χ1) is 12.7. The predicted octanol–water partition coefficient (Wildman–Crippen LogP) is 3.42. The lowest BCUT2D eigenvalue weighted by Crippen LogP contribution is -2.31. The average molecular weight is 365 g/mol. The highest BCUT2D eigenvalue weighted by Gasteiger charge is 2.22. The monoisotopic (exact) mass is 365 g/mol. The number of aromatic nitrogens is 2. The number of carbonyl (C=O) groups is 1. The molecular weight excluding hydrogens is 350 g/mol. The molecule has 1 N–H and O–H groups in total. The van der Waals surface area contributed by atoms with Gasteiger partial charge in [-0.15, -0.1) is 11.3 Å². The molecule has 0 saturated carbocycles. The molecular formula is C19H15N3O3S. The van der Waals surface area contributed by atoms with Crippen molar-refractivity contribution >= 4 is 28.0 Å². The minimum absolute atomic E-state index is 0.225. The average Bonchev–Trinajstić information content (AvgIpc) is 3.35. The van der Waals surface area contributed by atoms with Crippen molar-refractivity contribution in [1.82, 2.24) is 15.1 Å². The zero-order valence-corrected chi connectivity index (χ0v) is 14.5. The summed E-state index contributed by atoms with van der Waals surface area (Å²) in [5.74, 6) is 0.422. The molecule has 26 heavy (non-hydrogen) atoms. The summed E-state index contributed by atoms with van der Waals surface area (Å²) in [5, 5.41) is 9.41. The van der Waals surface area contributed by atoms with Crippen molar-refractivity contribution in [2.75, 3.05) is 0 Å². The zero-order chi connectivity index (χ0) is 17.9. The van der Waals surface area contributed by atoms with E-state index in [0.717, 1.165) is 4.88 Å². The summed E-state index contributed by atoms with van der Waals surface area (Å²) in [4.78, 5) is 27.9. The Hall–Kier alpha value is -3.19. The Kier molecular flexibility index (Phi) is 4.37. The molecule has 0 saturated heterocycles. The number of nitrogens with zero attached hydrogens (tertiary/aromatic N) is 2. The topological polar surface area (TPSA) is 79.2 Å². The number of carbonyl (C=O) groups excluding carboxylic acids is 1. The second-order valence-corrected chi connectivity index (χ2v) is 6.80. The van der Waals surface area contributed by atoms with E-state index in [-0.39, 0.29) is 17.2 Å². The molecule has 0 spiro atoms. The smallest absolute Gasteiger partial charge is 0.275 e. The Labute approximate surface area is 152 Å². The van der Waals surface area contributed by atoms with E-state index >= 15 is 0 Å². The first-order valence-electron chi connectivity index (χ1n) is 8.04. The quantitative estimate of drug-likeness (QED) is 0.588. The van der Waals surface area contributed by atoms with Gasteiger partial charge in [0.2, 0.25) is 0 Å². The molecule has 3 aromatic heterocycles. The van der Waals surface area contributed by atoms with Crippen molar-refractivity contribution in [2.24, 2.45) is 0 Å². The molecule has 0 unspecified atom stereocenters. The lowest BCUT2D eigenvalue weighted by molar-refractivity contribution is 0.0714. The first-order valence-corrected chi connectivity index (χ1v) is 8.92. The number of hydrogen-bond acceptors (Lipinski definition) is 5. The van der Waals surface area contributed by atoms with E-state index in [2.05, 4.69) is 10.2 Å². The van der Waals surface area contributed by atoms with Crippen LogP contribution < -0.4 is 5.56 Å². The third kappa shape index (κ3) is 3.16. The number of rotatable bonds is 5. The molecule has 1 amide bonds. The van der Waals surface area contributed by atoms with E-state index in [1.807, 2.05) is 23.6 Å². The summed E-state index contributed by atoms with van der Waals surface area (Å²) >= 11 is 1.58. The van der Waals surface area contributed by atoms with E-state index in [9.17, 15) is 9.59 Å². The number of H-pyrrole nitrogens is 1. The fraction of sp³-hybridized carbons (Fsp3) is 0.105. The number of nitrogens with one attached hydrogen (secondary N) is 1. The van der Waals surface area contributed by atoms with Gasteiger partial charge in [-0.1, -0.05) is 24.3 Å². The molecule has 0 bridgehead atoms. The predicted molar refractivity (Wildman–Crippen MR) is 99.0 cm³/mol. The highest BCUT2D eigenvalue weighted by atomic mass is 32.1. The Bertz CT molecular complexity index is 1050. The van der Waals surface area contributed by atoms with Crippen LogP contribution in [0.3, 0.4) is 0 Å². The van der Waals surface area contributed by atoms with Crippen LogP contribution in [0.15, 0.2) is 69.4 Å². The van der Waals surface area contributed by atoms with Gasteiger partial charge < -0.3 is 9.32 Å². The van der Waals surface area contributed by atoms with Crippen LogP contribution in [-0.2, 0) is 13.1 Å². The summed E-state index contributed by atoms with van der Waals surface area (Å²) in [6.45, 7) is 0.755. The van der Waals surface area contributed by atoms with Crippen LogP contribution in [0.2, 0.25) is 0 Å². The Morgan fingerprint density at radius 1 is 1.08 bits per heavy atom. The lowest BCUT2D eigenvalue weighted by atomic mass is 10.1. The molecule has 0 atom stereocenters. The molecule has 0 aliphatic rings. The van der Waals surface area contributed by atoms with Crippen LogP contribution in [0.1, 0.15) is 21.1 Å². The summed E-state index contributed by atoms with van der Waals surface area (Å²) in [7, 11) is 0. The number of benzene rings is 1. The molecule has 3 heterocycles. The van der Waals surface area contributed by atoms with Crippen molar-refractivity contribution in [3.8, 4) is 0 Å². The van der Waals surface area contributed by atoms with Gasteiger partial charge in [-0.05, 0) is 29.6 Å². The minimum Gasteiger partial charge on any atom is -0.467 e. The SMILES string of the molecule is O=C(c1n[nH]c(=O)c2ccccc12)N(Cc1ccco1)Cc1cccs1. The first kappa shape index (κ1) is 16.3. The Balaban J connectivity index is 1.74. The van der Waals surface area contributed by atoms with Crippen LogP contribution in [0.25, 0.3) is 10.8 Å². The molecule has 0 fully saturated rings. The molecule has 1 aromatic carbocycles. The van der Waals surface area contributed by atoms with Crippen molar-refractivity contribution in [3.63, 3.8) is 0 Å². The van der Waals surface area contributed by atoms with Crippen LogP contribution in [0, 0.1) is 0 Å². The summed E-state index contributed by atoms with van der Waals surface area (Å²) in [6, 6.07) is 14.5. The molecule has 0 aliphatic heterocycles. The van der Waals surface area contributed by atoms with E-state index in [4.69, 9.17) is 4.42 Å². The molecule has 6 nitrogen and oxygen atoms in total. The van der Waals surface area contributed by atoms with Gasteiger partial charge in [-0.25, -0.2) is 5.10 Å². The van der Waals surface area contributed by atoms with Gasteiger partial charge in [0.1, 0.15) is 5.76 Å². The molecule has 7 heteroatoms. The number of hydrogen-bond donors (Lipinski definition) is 1. The highest BCUT2D eigenvalue weighted by molar-refractivity contribution is 7.09. The van der Waals surface area contributed by atoms with E-state index < -0.39 is 0 Å². The van der Waals surface area contributed by atoms with Crippen molar-refractivity contribution in [1.29, 1.82) is 0 Å². The second kappa shape index (κ2) is 6.97. The maximum Gasteiger partial charge on any atom is 0.275 e. The maximum atomic E-state index is 13.2. The van der Waals surface area contributed by atoms with Crippen LogP contribution in [-0.4, -0.2) is 21.0 Å². The van der Waals surface area contributed by atoms with Crippen LogP contribution in [0.4, 0.5) is 0 Å². The number of amides is 1. The van der Waals surface area contributed by atoms with E-state index in [1.165, 1.54) is 0 Å². The van der Waals surface area contributed by atoms with E-state index in [1.54, 1.807) is 52.8 Å². The maximum absolute atomic E-state index is 13.2. The van der Waals surface area contributed by atoms with Crippen molar-refractivity contribution in [3.05, 3.63) is 86.9 Å². The lowest BCUT2D eigenvalue weighted by Gasteiger charge is -2.21. The van der Waals surface area contributed by atoms with E-state index in [0.29, 0.717) is 29.6 Å². The second-order valence-electron chi connectivity index (χ2n) is 5.77. The Morgan fingerprint density at radius 2 is 1.92 bits per heavy atom. The normalized spacial score (nSPS) is 10.9. The Morgan fingerprint density at radius 3 is 2.65 bits per heavy atom. The largest absolute Gasteiger partial charge is 0.467 e. The molecule has 0 aliphatic carbocycles. The van der Waals surface area contributed by atoms with Gasteiger partial charge in [-0.2, -0.15) is 5.10 Å². The standard InChI is InChI=1S/C19H15N3O3S/c23-18-16-8-2-1-7-15(16)17(20-21-18)19(24)22(11-13-5-3-9-25-13)12-14-6-4-10-26-14/h1-10H,11-12H2,(H,21,23). The molecule has 4 aromatic rings. The van der Waals surface area contributed by atoms with Gasteiger partial charge in [0.25, 0.3) is 11.5 Å². The van der Waals surface area contributed by atoms with Gasteiger partial charge in [0, 0.05) is 10.3 Å². The van der Waals surface area contributed by atoms with Crippen molar-refractivity contribution < 1.29 is 9.21 Å². The minimum atomic E-state index is -0.312. The third-order valence-electron chi connectivity index (χ3n) is 4.04. The van der Waals surface area contributed by atoms with Crippen LogP contribution >= 0.6 is 11.3 Å². The fourth-order valence-corrected chi connectivity index (χ4v) is 3.53. The molecule has 0 radical (unpaired) electrons. The van der Waals surface area contributed by atoms with Gasteiger partial charge in [-0.3, -0.25) is 9.59 Å². The van der Waals surface area contributed by atoms with Crippen molar-refractivity contribution in [2.45, 2.75) is 13.1 Å². The van der Waals surface area contributed by atoms with Crippen LogP contribution in [0.5, 0.6) is 0 Å². The number of thiophene rings is 1. The number of fused-ring (bicyclic) bond motifs is 1. The van der Waals surface area contributed by atoms with Gasteiger partial charge in [0.15, 0.2) is 5.69 Å². The molecule has 130 valence electrons. The fourth-order valence-electron chi connectivity index (χ4n) is 2.81. The summed E-state index contributed by atoms with van der Waals surface area (Å²) in [5.41, 5.74) is -0.0868. The number of furan rings is 1. The highest BCUT2D eigenvalue weighted by Crippen LogP contribution is 2.20. The molecule has 4 rings (SSSR count). The summed E-state index contributed by atoms with van der Waals surface area (Å²) < 4.78 is 5.41. The third-order valence-corrected chi connectivity index (χ3v) is 4.90. The summed E-state index contributed by atoms with van der Waals surface area (Å²) in [6.07, 6.45) is 1.58. The number of aromatic amines is 1. The van der Waals surface area contributed by atoms with Gasteiger partial charge >= 0.3 is 0 Å². The zero-order valence-electron chi connectivity index (χ0n) is 13.7. The van der Waals surface area contributed by atoms with Gasteiger partial charge in [0.05, 0.1) is 24.7 Å².